The number of para-hydroxylation sites is 3. The summed E-state index contributed by atoms with van der Waals surface area (Å²) in [4.78, 5) is 2.38. The monoisotopic (exact) mass is 714 g/mol. The highest BCUT2D eigenvalue weighted by Gasteiger charge is 2.19. The second kappa shape index (κ2) is 14.4. The molecule has 0 aliphatic carbocycles. The largest absolute Gasteiger partial charge is 0.310 e. The fraction of sp³-hybridized carbons (Fsp3) is 0. The van der Waals surface area contributed by atoms with Crippen molar-refractivity contribution in [3.05, 3.63) is 231 Å². The minimum absolute atomic E-state index is 1.09. The van der Waals surface area contributed by atoms with Crippen LogP contribution < -0.4 is 4.90 Å². The van der Waals surface area contributed by atoms with Crippen molar-refractivity contribution >= 4 is 38.9 Å². The molecule has 0 unspecified atom stereocenters. The van der Waals surface area contributed by atoms with E-state index in [-0.39, 0.29) is 0 Å². The number of fused-ring (bicyclic) bond motifs is 3. The van der Waals surface area contributed by atoms with Gasteiger partial charge in [0.1, 0.15) is 0 Å². The summed E-state index contributed by atoms with van der Waals surface area (Å²) in [6.45, 7) is 0. The highest BCUT2D eigenvalue weighted by molar-refractivity contribution is 6.09. The molecule has 2 nitrogen and oxygen atoms in total. The Morgan fingerprint density at radius 1 is 0.286 bits per heavy atom. The van der Waals surface area contributed by atoms with Crippen LogP contribution >= 0.6 is 0 Å². The van der Waals surface area contributed by atoms with E-state index in [2.05, 4.69) is 240 Å². The average Bonchev–Trinajstić information content (AvgIpc) is 3.62. The fourth-order valence-corrected chi connectivity index (χ4v) is 8.16. The van der Waals surface area contributed by atoms with E-state index in [0.29, 0.717) is 0 Å². The Labute approximate surface area is 327 Å². The van der Waals surface area contributed by atoms with Crippen molar-refractivity contribution in [2.24, 2.45) is 0 Å². The van der Waals surface area contributed by atoms with E-state index < -0.39 is 0 Å². The quantitative estimate of drug-likeness (QED) is 0.152. The lowest BCUT2D eigenvalue weighted by Crippen LogP contribution is -2.11. The second-order valence-corrected chi connectivity index (χ2v) is 14.1. The molecule has 0 atom stereocenters. The Balaban J connectivity index is 1.10. The van der Waals surface area contributed by atoms with Gasteiger partial charge in [0.05, 0.1) is 16.7 Å². The molecule has 1 heterocycles. The van der Waals surface area contributed by atoms with Gasteiger partial charge in [-0.1, -0.05) is 176 Å². The van der Waals surface area contributed by atoms with E-state index >= 15 is 0 Å². The number of aromatic nitrogens is 1. The van der Waals surface area contributed by atoms with Gasteiger partial charge in [-0.15, -0.1) is 0 Å². The molecule has 264 valence electrons. The lowest BCUT2D eigenvalue weighted by Gasteiger charge is -2.28. The molecule has 0 fully saturated rings. The van der Waals surface area contributed by atoms with Gasteiger partial charge in [0, 0.05) is 33.4 Å². The summed E-state index contributed by atoms with van der Waals surface area (Å²) < 4.78 is 2.40. The Morgan fingerprint density at radius 2 is 0.714 bits per heavy atom. The van der Waals surface area contributed by atoms with E-state index in [4.69, 9.17) is 0 Å². The molecular weight excluding hydrogens is 677 g/mol. The summed E-state index contributed by atoms with van der Waals surface area (Å²) in [5.74, 6) is 0. The predicted octanol–water partition coefficient (Wildman–Crippen LogP) is 14.9. The predicted molar refractivity (Wildman–Crippen MR) is 237 cm³/mol. The van der Waals surface area contributed by atoms with Gasteiger partial charge in [-0.05, 0) is 93.5 Å². The van der Waals surface area contributed by atoms with Crippen LogP contribution in [0.4, 0.5) is 17.1 Å². The third-order valence-corrected chi connectivity index (χ3v) is 10.8. The summed E-state index contributed by atoms with van der Waals surface area (Å²) in [6.07, 6.45) is 0. The first-order valence-electron chi connectivity index (χ1n) is 19.2. The number of anilines is 3. The SMILES string of the molecule is c1ccc(-c2ccc(N(c3ccc(-c4ccc(-n5c6ccccc6c6ccccc65)cc4-c4ccccc4)cc3)c3ccccc3-c3ccccc3)cc2)cc1. The minimum Gasteiger partial charge on any atom is -0.310 e. The maximum atomic E-state index is 2.40. The molecule has 0 saturated heterocycles. The summed E-state index contributed by atoms with van der Waals surface area (Å²) >= 11 is 0. The van der Waals surface area contributed by atoms with E-state index in [1.165, 1.54) is 60.8 Å². The van der Waals surface area contributed by atoms with Gasteiger partial charge in [-0.25, -0.2) is 0 Å². The van der Waals surface area contributed by atoms with Crippen LogP contribution in [0.3, 0.4) is 0 Å². The molecule has 2 heteroatoms. The Kier molecular flexibility index (Phi) is 8.55. The second-order valence-electron chi connectivity index (χ2n) is 14.1. The van der Waals surface area contributed by atoms with Crippen molar-refractivity contribution in [1.29, 1.82) is 0 Å². The standard InChI is InChI=1S/C54H38N2/c1-4-16-39(17-5-1)40-28-32-44(33-29-40)55(52-25-13-10-22-48(52)41-18-6-2-7-19-41)45-34-30-43(31-35-45)47-37-36-46(38-51(47)42-20-8-3-9-21-42)56-53-26-14-11-23-49(53)50-24-12-15-27-54(50)56/h1-38H. The van der Waals surface area contributed by atoms with Crippen molar-refractivity contribution in [1.82, 2.24) is 4.57 Å². The van der Waals surface area contributed by atoms with Crippen LogP contribution in [0.5, 0.6) is 0 Å². The van der Waals surface area contributed by atoms with Crippen LogP contribution in [0, 0.1) is 0 Å². The van der Waals surface area contributed by atoms with Gasteiger partial charge in [-0.2, -0.15) is 0 Å². The van der Waals surface area contributed by atoms with Crippen molar-refractivity contribution in [2.75, 3.05) is 4.90 Å². The molecule has 0 N–H and O–H groups in total. The van der Waals surface area contributed by atoms with E-state index in [1.807, 2.05) is 0 Å². The first-order chi connectivity index (χ1) is 27.8. The van der Waals surface area contributed by atoms with Gasteiger partial charge in [0.25, 0.3) is 0 Å². The van der Waals surface area contributed by atoms with Crippen molar-refractivity contribution in [3.8, 4) is 50.2 Å². The van der Waals surface area contributed by atoms with Crippen LogP contribution in [0.1, 0.15) is 0 Å². The van der Waals surface area contributed by atoms with Crippen molar-refractivity contribution in [3.63, 3.8) is 0 Å². The lowest BCUT2D eigenvalue weighted by atomic mass is 9.93. The van der Waals surface area contributed by atoms with Gasteiger partial charge < -0.3 is 9.47 Å². The third kappa shape index (κ3) is 6.04. The average molecular weight is 715 g/mol. The van der Waals surface area contributed by atoms with Crippen LogP contribution in [0.25, 0.3) is 72.0 Å². The molecule has 0 aliphatic heterocycles. The zero-order valence-corrected chi connectivity index (χ0v) is 30.8. The fourth-order valence-electron chi connectivity index (χ4n) is 8.16. The first-order valence-corrected chi connectivity index (χ1v) is 19.2. The molecule has 56 heavy (non-hydrogen) atoms. The molecule has 9 aromatic carbocycles. The van der Waals surface area contributed by atoms with Gasteiger partial charge >= 0.3 is 0 Å². The number of benzene rings is 9. The summed E-state index contributed by atoms with van der Waals surface area (Å²) in [5.41, 5.74) is 16.4. The molecule has 0 bridgehead atoms. The van der Waals surface area contributed by atoms with Crippen LogP contribution in [-0.2, 0) is 0 Å². The van der Waals surface area contributed by atoms with Crippen molar-refractivity contribution in [2.45, 2.75) is 0 Å². The van der Waals surface area contributed by atoms with E-state index in [9.17, 15) is 0 Å². The van der Waals surface area contributed by atoms with E-state index in [0.717, 1.165) is 28.3 Å². The molecular formula is C54H38N2. The molecule has 0 spiro atoms. The molecule has 10 aromatic rings. The topological polar surface area (TPSA) is 8.17 Å². The van der Waals surface area contributed by atoms with Gasteiger partial charge in [0.15, 0.2) is 0 Å². The number of nitrogens with zero attached hydrogens (tertiary/aromatic N) is 2. The van der Waals surface area contributed by atoms with Gasteiger partial charge in [-0.3, -0.25) is 0 Å². The van der Waals surface area contributed by atoms with Crippen LogP contribution in [0.2, 0.25) is 0 Å². The van der Waals surface area contributed by atoms with Crippen LogP contribution in [-0.4, -0.2) is 4.57 Å². The summed E-state index contributed by atoms with van der Waals surface area (Å²) in [5, 5.41) is 2.52. The van der Waals surface area contributed by atoms with Crippen LogP contribution in [0.15, 0.2) is 231 Å². The number of rotatable bonds is 8. The maximum absolute atomic E-state index is 2.40. The molecule has 0 aliphatic rings. The Hall–Kier alpha value is -7.42. The third-order valence-electron chi connectivity index (χ3n) is 10.8. The Bertz CT molecular complexity index is 2870. The van der Waals surface area contributed by atoms with Gasteiger partial charge in [0.2, 0.25) is 0 Å². The zero-order valence-electron chi connectivity index (χ0n) is 30.8. The molecule has 1 aromatic heterocycles. The Morgan fingerprint density at radius 3 is 1.30 bits per heavy atom. The zero-order chi connectivity index (χ0) is 37.3. The van der Waals surface area contributed by atoms with Crippen molar-refractivity contribution < 1.29 is 0 Å². The molecule has 0 amide bonds. The number of hydrogen-bond acceptors (Lipinski definition) is 1. The maximum Gasteiger partial charge on any atom is 0.0541 e. The van der Waals surface area contributed by atoms with E-state index in [1.54, 1.807) is 0 Å². The molecule has 10 rings (SSSR count). The summed E-state index contributed by atoms with van der Waals surface area (Å²) in [6, 6.07) is 83.0. The normalized spacial score (nSPS) is 11.2. The minimum atomic E-state index is 1.09. The number of hydrogen-bond donors (Lipinski definition) is 0. The molecule has 0 saturated carbocycles. The lowest BCUT2D eigenvalue weighted by molar-refractivity contribution is 1.18. The molecule has 0 radical (unpaired) electrons. The first kappa shape index (κ1) is 33.2. The highest BCUT2D eigenvalue weighted by atomic mass is 15.1. The summed E-state index contributed by atoms with van der Waals surface area (Å²) in [7, 11) is 0. The highest BCUT2D eigenvalue weighted by Crippen LogP contribution is 2.43. The smallest absolute Gasteiger partial charge is 0.0541 e.